The van der Waals surface area contributed by atoms with Crippen LogP contribution >= 0.6 is 0 Å². The van der Waals surface area contributed by atoms with Gasteiger partial charge >= 0.3 is 11.9 Å². The monoisotopic (exact) mass is 470 g/mol. The lowest BCUT2D eigenvalue weighted by Crippen LogP contribution is -2.19. The Bertz CT molecular complexity index is 879. The summed E-state index contributed by atoms with van der Waals surface area (Å²) in [4.78, 5) is 23.9. The van der Waals surface area contributed by atoms with Crippen LogP contribution in [-0.2, 0) is 4.74 Å². The van der Waals surface area contributed by atoms with E-state index in [4.69, 9.17) is 19.3 Å². The van der Waals surface area contributed by atoms with Gasteiger partial charge in [-0.25, -0.2) is 9.59 Å². The van der Waals surface area contributed by atoms with Crippen molar-refractivity contribution in [1.82, 2.24) is 0 Å². The Balaban J connectivity index is 1.84. The van der Waals surface area contributed by atoms with Gasteiger partial charge in [-0.3, -0.25) is 0 Å². The summed E-state index contributed by atoms with van der Waals surface area (Å²) >= 11 is 0. The zero-order valence-electron chi connectivity index (χ0n) is 20.5. The lowest BCUT2D eigenvalue weighted by molar-refractivity contribution is 0.0242. The molecule has 1 unspecified atom stereocenters. The smallest absolute Gasteiger partial charge is 0.338 e. The van der Waals surface area contributed by atoms with Gasteiger partial charge in [0, 0.05) is 0 Å². The van der Waals surface area contributed by atoms with Gasteiger partial charge in [0.25, 0.3) is 0 Å². The lowest BCUT2D eigenvalue weighted by atomic mass is 10.1. The van der Waals surface area contributed by atoms with Crippen molar-refractivity contribution in [2.75, 3.05) is 13.2 Å². The molecule has 2 rings (SSSR count). The zero-order chi connectivity index (χ0) is 24.6. The van der Waals surface area contributed by atoms with Crippen molar-refractivity contribution < 1.29 is 28.9 Å². The van der Waals surface area contributed by atoms with Gasteiger partial charge in [-0.1, -0.05) is 58.1 Å². The van der Waals surface area contributed by atoms with Crippen LogP contribution in [0.1, 0.15) is 92.4 Å². The van der Waals surface area contributed by atoms with Crippen LogP contribution in [0.3, 0.4) is 0 Å². The Labute approximate surface area is 203 Å². The Morgan fingerprint density at radius 3 is 2.00 bits per heavy atom. The number of benzene rings is 2. The summed E-state index contributed by atoms with van der Waals surface area (Å²) in [6, 6.07) is 13.6. The molecule has 2 aromatic rings. The minimum Gasteiger partial charge on any atom is -0.494 e. The third-order valence-electron chi connectivity index (χ3n) is 5.51. The molecule has 0 aliphatic carbocycles. The first-order chi connectivity index (χ1) is 16.5. The minimum atomic E-state index is -0.983. The SMILES string of the molecule is CCCCCCOc1cccc(C(=O)OC(CCCC)CCCOc2cccc(C(=O)O)c2)c1. The van der Waals surface area contributed by atoms with E-state index in [0.29, 0.717) is 43.1 Å². The molecule has 0 bridgehead atoms. The number of rotatable bonds is 17. The van der Waals surface area contributed by atoms with E-state index in [1.54, 1.807) is 24.3 Å². The second-order valence-corrected chi connectivity index (χ2v) is 8.43. The van der Waals surface area contributed by atoms with Crippen LogP contribution in [0.5, 0.6) is 11.5 Å². The maximum absolute atomic E-state index is 12.8. The first-order valence-corrected chi connectivity index (χ1v) is 12.4. The summed E-state index contributed by atoms with van der Waals surface area (Å²) in [5, 5.41) is 9.09. The molecule has 34 heavy (non-hydrogen) atoms. The average molecular weight is 471 g/mol. The van der Waals surface area contributed by atoms with E-state index < -0.39 is 5.97 Å². The van der Waals surface area contributed by atoms with Gasteiger partial charge in [0.05, 0.1) is 24.3 Å². The van der Waals surface area contributed by atoms with Gasteiger partial charge in [-0.15, -0.1) is 0 Å². The summed E-state index contributed by atoms with van der Waals surface area (Å²) in [5.41, 5.74) is 0.689. The second-order valence-electron chi connectivity index (χ2n) is 8.43. The molecular formula is C28H38O6. The van der Waals surface area contributed by atoms with Crippen LogP contribution in [0.25, 0.3) is 0 Å². The molecule has 2 aromatic carbocycles. The molecule has 0 fully saturated rings. The number of carboxylic acids is 1. The molecule has 1 atom stereocenters. The number of carbonyl (C=O) groups excluding carboxylic acids is 1. The number of ether oxygens (including phenoxy) is 3. The molecule has 0 radical (unpaired) electrons. The minimum absolute atomic E-state index is 0.194. The fraction of sp³-hybridized carbons (Fsp3) is 0.500. The van der Waals surface area contributed by atoms with Crippen molar-refractivity contribution in [2.24, 2.45) is 0 Å². The number of carbonyl (C=O) groups is 2. The van der Waals surface area contributed by atoms with Gasteiger partial charge < -0.3 is 19.3 Å². The van der Waals surface area contributed by atoms with Gasteiger partial charge in [-0.2, -0.15) is 0 Å². The number of carboxylic acid groups (broad SMARTS) is 1. The van der Waals surface area contributed by atoms with E-state index in [9.17, 15) is 9.59 Å². The predicted molar refractivity (Wildman–Crippen MR) is 133 cm³/mol. The average Bonchev–Trinajstić information content (AvgIpc) is 2.85. The maximum atomic E-state index is 12.8. The molecule has 0 spiro atoms. The molecule has 0 amide bonds. The van der Waals surface area contributed by atoms with Gasteiger partial charge in [-0.05, 0) is 62.1 Å². The molecule has 0 aliphatic rings. The number of hydrogen-bond acceptors (Lipinski definition) is 5. The van der Waals surface area contributed by atoms with E-state index in [1.807, 2.05) is 12.1 Å². The number of esters is 1. The molecule has 0 saturated carbocycles. The largest absolute Gasteiger partial charge is 0.494 e. The lowest BCUT2D eigenvalue weighted by Gasteiger charge is -2.18. The standard InChI is InChI=1S/C28H38O6/c1-3-5-7-8-18-32-26-16-10-13-23(21-26)28(31)34-24(14-6-4-2)17-11-19-33-25-15-9-12-22(20-25)27(29)30/h9-10,12-13,15-16,20-21,24H,3-8,11,14,17-19H2,1-2H3,(H,29,30). The van der Waals surface area contributed by atoms with Gasteiger partial charge in [0.1, 0.15) is 17.6 Å². The topological polar surface area (TPSA) is 82.1 Å². The molecule has 0 saturated heterocycles. The first-order valence-electron chi connectivity index (χ1n) is 12.4. The Hall–Kier alpha value is -3.02. The van der Waals surface area contributed by atoms with Crippen molar-refractivity contribution in [1.29, 1.82) is 0 Å². The van der Waals surface area contributed by atoms with Crippen LogP contribution in [0.2, 0.25) is 0 Å². The highest BCUT2D eigenvalue weighted by molar-refractivity contribution is 5.90. The molecule has 0 aromatic heterocycles. The molecule has 0 heterocycles. The highest BCUT2D eigenvalue weighted by Crippen LogP contribution is 2.19. The van der Waals surface area contributed by atoms with Crippen molar-refractivity contribution in [3.63, 3.8) is 0 Å². The molecule has 6 heteroatoms. The van der Waals surface area contributed by atoms with Crippen molar-refractivity contribution in [2.45, 2.75) is 77.7 Å². The van der Waals surface area contributed by atoms with Crippen LogP contribution in [0.15, 0.2) is 48.5 Å². The van der Waals surface area contributed by atoms with Crippen molar-refractivity contribution >= 4 is 11.9 Å². The third kappa shape index (κ3) is 10.3. The molecule has 0 aliphatic heterocycles. The zero-order valence-corrected chi connectivity index (χ0v) is 20.5. The van der Waals surface area contributed by atoms with Crippen molar-refractivity contribution in [3.8, 4) is 11.5 Å². The number of hydrogen-bond donors (Lipinski definition) is 1. The molecular weight excluding hydrogens is 432 g/mol. The van der Waals surface area contributed by atoms with E-state index in [2.05, 4.69) is 13.8 Å². The van der Waals surface area contributed by atoms with E-state index >= 15 is 0 Å². The quantitative estimate of drug-likeness (QED) is 0.200. The molecule has 6 nitrogen and oxygen atoms in total. The predicted octanol–water partition coefficient (Wildman–Crippen LogP) is 6.92. The fourth-order valence-electron chi connectivity index (χ4n) is 3.57. The van der Waals surface area contributed by atoms with Crippen LogP contribution in [-0.4, -0.2) is 36.4 Å². The Morgan fingerprint density at radius 1 is 0.765 bits per heavy atom. The fourth-order valence-corrected chi connectivity index (χ4v) is 3.57. The summed E-state index contributed by atoms with van der Waals surface area (Å²) in [6.07, 6.45) is 8.51. The van der Waals surface area contributed by atoms with Crippen LogP contribution < -0.4 is 9.47 Å². The van der Waals surface area contributed by atoms with Crippen LogP contribution in [0, 0.1) is 0 Å². The van der Waals surface area contributed by atoms with Gasteiger partial charge in [0.15, 0.2) is 0 Å². The normalized spacial score (nSPS) is 11.6. The highest BCUT2D eigenvalue weighted by Gasteiger charge is 2.16. The van der Waals surface area contributed by atoms with E-state index in [1.165, 1.54) is 25.0 Å². The van der Waals surface area contributed by atoms with Gasteiger partial charge in [0.2, 0.25) is 0 Å². The first kappa shape index (κ1) is 27.2. The van der Waals surface area contributed by atoms with E-state index in [0.717, 1.165) is 32.1 Å². The Kier molecular flexibility index (Phi) is 12.6. The third-order valence-corrected chi connectivity index (χ3v) is 5.51. The van der Waals surface area contributed by atoms with Crippen molar-refractivity contribution in [3.05, 3.63) is 59.7 Å². The molecule has 1 N–H and O–H groups in total. The maximum Gasteiger partial charge on any atom is 0.338 e. The summed E-state index contributed by atoms with van der Waals surface area (Å²) < 4.78 is 17.3. The number of unbranched alkanes of at least 4 members (excludes halogenated alkanes) is 4. The van der Waals surface area contributed by atoms with E-state index in [-0.39, 0.29) is 17.6 Å². The van der Waals surface area contributed by atoms with Crippen LogP contribution in [0.4, 0.5) is 0 Å². The summed E-state index contributed by atoms with van der Waals surface area (Å²) in [7, 11) is 0. The Morgan fingerprint density at radius 2 is 1.35 bits per heavy atom. The second kappa shape index (κ2) is 15.8. The highest BCUT2D eigenvalue weighted by atomic mass is 16.5. The summed E-state index contributed by atoms with van der Waals surface area (Å²) in [6.45, 7) is 5.35. The molecule has 186 valence electrons. The summed E-state index contributed by atoms with van der Waals surface area (Å²) in [5.74, 6) is -0.114. The number of aromatic carboxylic acids is 1.